The number of aryl methyl sites for hydroxylation is 1. The van der Waals surface area contributed by atoms with Crippen LogP contribution in [0.15, 0.2) is 65.7 Å². The molecule has 2 aliphatic heterocycles. The Balaban J connectivity index is 1.40. The van der Waals surface area contributed by atoms with Crippen LogP contribution in [-0.4, -0.2) is 69.5 Å². The van der Waals surface area contributed by atoms with Gasteiger partial charge in [0, 0.05) is 50.1 Å². The van der Waals surface area contributed by atoms with Gasteiger partial charge in [-0.1, -0.05) is 47.7 Å². The zero-order valence-corrected chi connectivity index (χ0v) is 23.0. The normalized spacial score (nSPS) is 19.8. The lowest BCUT2D eigenvalue weighted by atomic mass is 9.73. The minimum absolute atomic E-state index is 0.0212. The molecule has 39 heavy (non-hydrogen) atoms. The quantitative estimate of drug-likeness (QED) is 0.487. The Labute approximate surface area is 232 Å². The lowest BCUT2D eigenvalue weighted by molar-refractivity contribution is -0.137. The maximum atomic E-state index is 14.1. The van der Waals surface area contributed by atoms with Crippen molar-refractivity contribution in [1.29, 1.82) is 0 Å². The fraction of sp³-hybridized carbons (Fsp3) is 0.414. The Morgan fingerprint density at radius 1 is 1.05 bits per heavy atom. The van der Waals surface area contributed by atoms with Crippen molar-refractivity contribution in [2.75, 3.05) is 25.9 Å². The minimum atomic E-state index is -0.806. The number of benzene rings is 2. The van der Waals surface area contributed by atoms with Crippen LogP contribution in [0.4, 0.5) is 0 Å². The zero-order valence-electron chi connectivity index (χ0n) is 22.1. The van der Waals surface area contributed by atoms with Gasteiger partial charge in [0.2, 0.25) is 11.8 Å². The van der Waals surface area contributed by atoms with Gasteiger partial charge in [-0.3, -0.25) is 19.1 Å². The number of nitrogens with zero attached hydrogens (tertiary/aromatic N) is 4. The molecule has 9 nitrogen and oxygen atoms in total. The molecule has 2 aliphatic rings. The molecule has 0 saturated carbocycles. The molecule has 1 atom stereocenters. The lowest BCUT2D eigenvalue weighted by Gasteiger charge is -2.41. The van der Waals surface area contributed by atoms with E-state index in [-0.39, 0.29) is 17.7 Å². The van der Waals surface area contributed by atoms with E-state index < -0.39 is 11.5 Å². The number of piperidine rings is 1. The fourth-order valence-corrected chi connectivity index (χ4v) is 6.03. The van der Waals surface area contributed by atoms with Gasteiger partial charge in [0.1, 0.15) is 6.04 Å². The van der Waals surface area contributed by atoms with Crippen LogP contribution in [0.3, 0.4) is 0 Å². The van der Waals surface area contributed by atoms with E-state index in [9.17, 15) is 14.4 Å². The number of fused-ring (bicyclic) bond motifs is 2. The van der Waals surface area contributed by atoms with E-state index in [4.69, 9.17) is 0 Å². The first-order valence-electron chi connectivity index (χ1n) is 13.4. The van der Waals surface area contributed by atoms with E-state index in [0.29, 0.717) is 63.8 Å². The van der Waals surface area contributed by atoms with Crippen LogP contribution in [-0.2, 0) is 29.0 Å². The van der Waals surface area contributed by atoms with Crippen molar-refractivity contribution in [3.05, 3.63) is 77.6 Å². The number of thioether (sulfide) groups is 1. The summed E-state index contributed by atoms with van der Waals surface area (Å²) >= 11 is 1.55. The largest absolute Gasteiger partial charge is 0.354 e. The second-order valence-corrected chi connectivity index (χ2v) is 11.1. The monoisotopic (exact) mass is 546 g/mol. The first-order valence-corrected chi connectivity index (χ1v) is 14.6. The van der Waals surface area contributed by atoms with Crippen LogP contribution >= 0.6 is 11.8 Å². The number of amides is 3. The number of carbonyl (C=O) groups excluding carboxylic acids is 3. The summed E-state index contributed by atoms with van der Waals surface area (Å²) in [4.78, 5) is 43.4. The Bertz CT molecular complexity index is 1320. The molecule has 1 spiro atoms. The van der Waals surface area contributed by atoms with Gasteiger partial charge in [-0.25, -0.2) is 0 Å². The van der Waals surface area contributed by atoms with Gasteiger partial charge in [0.25, 0.3) is 5.91 Å². The first-order chi connectivity index (χ1) is 19.0. The van der Waals surface area contributed by atoms with Gasteiger partial charge in [0.15, 0.2) is 0 Å². The molecule has 10 heteroatoms. The van der Waals surface area contributed by atoms with Crippen molar-refractivity contribution in [1.82, 2.24) is 30.5 Å². The molecule has 2 bridgehead atoms. The van der Waals surface area contributed by atoms with Gasteiger partial charge in [0.05, 0.1) is 16.7 Å². The molecule has 0 unspecified atom stereocenters. The Hall–Kier alpha value is -3.66. The maximum absolute atomic E-state index is 14.1. The summed E-state index contributed by atoms with van der Waals surface area (Å²) in [5.41, 5.74) is 1.60. The van der Waals surface area contributed by atoms with E-state index in [2.05, 4.69) is 20.9 Å². The van der Waals surface area contributed by atoms with Crippen molar-refractivity contribution in [3.63, 3.8) is 0 Å². The van der Waals surface area contributed by atoms with E-state index in [1.54, 1.807) is 16.4 Å². The van der Waals surface area contributed by atoms with E-state index >= 15 is 0 Å². The molecule has 204 valence electrons. The number of rotatable bonds is 4. The summed E-state index contributed by atoms with van der Waals surface area (Å²) in [6.07, 6.45) is 6.31. The molecule has 3 amide bonds. The van der Waals surface area contributed by atoms with Crippen LogP contribution in [0, 0.1) is 5.41 Å². The highest BCUT2D eigenvalue weighted by Crippen LogP contribution is 2.36. The third kappa shape index (κ3) is 6.16. The average molecular weight is 547 g/mol. The predicted octanol–water partition coefficient (Wildman–Crippen LogP) is 2.71. The number of aromatic nitrogens is 3. The maximum Gasteiger partial charge on any atom is 0.254 e. The number of hydrogen-bond donors (Lipinski definition) is 2. The molecule has 3 heterocycles. The standard InChI is InChI=1S/C29H34N6O3S/c1-39-25-11-6-5-10-23(25)27(37)34-16-12-29(13-17-34)19-22-20-35(33-32-22)15-7-14-30-26(36)24(31-28(29)38)18-21-8-3-2-4-9-21/h2-6,8-11,20,24H,7,12-19H2,1H3,(H,30,36)(H,31,38)/t24-/m0/s1. The number of hydrogen-bond acceptors (Lipinski definition) is 6. The van der Waals surface area contributed by atoms with Gasteiger partial charge in [-0.15, -0.1) is 16.9 Å². The topological polar surface area (TPSA) is 109 Å². The molecule has 2 aromatic carbocycles. The molecule has 1 aromatic heterocycles. The molecule has 3 aromatic rings. The number of carbonyl (C=O) groups is 3. The predicted molar refractivity (Wildman–Crippen MR) is 149 cm³/mol. The van der Waals surface area contributed by atoms with E-state index in [1.165, 1.54) is 0 Å². The molecule has 5 rings (SSSR count). The molecule has 0 radical (unpaired) electrons. The Morgan fingerprint density at radius 3 is 2.56 bits per heavy atom. The van der Waals surface area contributed by atoms with E-state index in [0.717, 1.165) is 16.2 Å². The molecular formula is C29H34N6O3S. The van der Waals surface area contributed by atoms with E-state index in [1.807, 2.05) is 71.9 Å². The second-order valence-electron chi connectivity index (χ2n) is 10.3. The van der Waals surface area contributed by atoms with Crippen LogP contribution in [0.2, 0.25) is 0 Å². The van der Waals surface area contributed by atoms with Crippen LogP contribution < -0.4 is 10.6 Å². The SMILES string of the molecule is CSc1ccccc1C(=O)N1CCC2(CC1)Cc1cn(nn1)CCCNC(=O)[C@H](Cc1ccccc1)NC2=O. The third-order valence-corrected chi connectivity index (χ3v) is 8.50. The summed E-state index contributed by atoms with van der Waals surface area (Å²) < 4.78 is 1.77. The first kappa shape index (κ1) is 26.9. The summed E-state index contributed by atoms with van der Waals surface area (Å²) in [5.74, 6) is -0.391. The van der Waals surface area contributed by atoms with Crippen molar-refractivity contribution in [3.8, 4) is 0 Å². The summed E-state index contributed by atoms with van der Waals surface area (Å²) in [7, 11) is 0. The highest BCUT2D eigenvalue weighted by Gasteiger charge is 2.44. The highest BCUT2D eigenvalue weighted by molar-refractivity contribution is 7.98. The smallest absolute Gasteiger partial charge is 0.254 e. The summed E-state index contributed by atoms with van der Waals surface area (Å²) in [5, 5.41) is 14.7. The van der Waals surface area contributed by atoms with Crippen molar-refractivity contribution < 1.29 is 14.4 Å². The molecular weight excluding hydrogens is 512 g/mol. The average Bonchev–Trinajstić information content (AvgIpc) is 3.41. The van der Waals surface area contributed by atoms with Crippen LogP contribution in [0.5, 0.6) is 0 Å². The summed E-state index contributed by atoms with van der Waals surface area (Å²) in [6, 6.07) is 16.6. The molecule has 1 fully saturated rings. The molecule has 0 aliphatic carbocycles. The number of likely N-dealkylation sites (tertiary alicyclic amines) is 1. The summed E-state index contributed by atoms with van der Waals surface area (Å²) in [6.45, 7) is 1.99. The van der Waals surface area contributed by atoms with Gasteiger partial charge in [-0.2, -0.15) is 0 Å². The van der Waals surface area contributed by atoms with Crippen molar-refractivity contribution >= 4 is 29.5 Å². The second kappa shape index (κ2) is 12.0. The van der Waals surface area contributed by atoms with Gasteiger partial charge in [-0.05, 0) is 43.2 Å². The third-order valence-electron chi connectivity index (χ3n) is 7.70. The molecule has 1 saturated heterocycles. The van der Waals surface area contributed by atoms with Crippen molar-refractivity contribution in [2.45, 2.75) is 49.6 Å². The number of nitrogens with one attached hydrogen (secondary N) is 2. The Kier molecular flexibility index (Phi) is 8.30. The zero-order chi connectivity index (χ0) is 27.2. The highest BCUT2D eigenvalue weighted by atomic mass is 32.2. The lowest BCUT2D eigenvalue weighted by Crippen LogP contribution is -2.56. The van der Waals surface area contributed by atoms with Crippen molar-refractivity contribution in [2.24, 2.45) is 5.41 Å². The molecule has 2 N–H and O–H groups in total. The van der Waals surface area contributed by atoms with Crippen LogP contribution in [0.1, 0.15) is 40.9 Å². The van der Waals surface area contributed by atoms with Crippen LogP contribution in [0.25, 0.3) is 0 Å². The minimum Gasteiger partial charge on any atom is -0.354 e. The van der Waals surface area contributed by atoms with Gasteiger partial charge < -0.3 is 15.5 Å². The van der Waals surface area contributed by atoms with Gasteiger partial charge >= 0.3 is 0 Å². The fourth-order valence-electron chi connectivity index (χ4n) is 5.44. The Morgan fingerprint density at radius 2 is 1.79 bits per heavy atom.